The van der Waals surface area contributed by atoms with Crippen LogP contribution in [0.2, 0.25) is 0 Å². The molecule has 0 unspecified atom stereocenters. The number of hydrogen-bond donors (Lipinski definition) is 1. The van der Waals surface area contributed by atoms with Crippen LogP contribution in [0.4, 0.5) is 79.6 Å². The Morgan fingerprint density at radius 1 is 0.628 bits per heavy atom. The number of amides is 1. The molecule has 4 nitrogen and oxygen atoms in total. The van der Waals surface area contributed by atoms with Gasteiger partial charge in [0.1, 0.15) is 5.00 Å². The van der Waals surface area contributed by atoms with Gasteiger partial charge in [0.2, 0.25) is 0 Å². The molecule has 1 aliphatic rings. The molecule has 0 aromatic carbocycles. The number of esters is 1. The smallest absolute Gasteiger partial charge is 0.460 e. The van der Waals surface area contributed by atoms with E-state index < -0.39 is 70.1 Å². The molecule has 0 saturated carbocycles. The maximum absolute atomic E-state index is 14.4. The van der Waals surface area contributed by atoms with E-state index in [0.29, 0.717) is 25.7 Å². The maximum atomic E-state index is 14.4. The van der Waals surface area contributed by atoms with Crippen molar-refractivity contribution in [1.29, 1.82) is 0 Å². The van der Waals surface area contributed by atoms with Gasteiger partial charge in [-0.25, -0.2) is 4.79 Å². The minimum atomic E-state index is -8.81. The highest BCUT2D eigenvalue weighted by atomic mass is 32.1. The second-order valence-electron chi connectivity index (χ2n) is 9.09. The van der Waals surface area contributed by atoms with Crippen LogP contribution >= 0.6 is 11.3 Å². The number of carbonyl (C=O) groups excluding carboxylic acids is 2. The summed E-state index contributed by atoms with van der Waals surface area (Å²) in [5, 5.41) is -0.214. The summed E-state index contributed by atoms with van der Waals surface area (Å²) in [6, 6.07) is 0. The van der Waals surface area contributed by atoms with Gasteiger partial charge in [-0.15, -0.1) is 11.3 Å². The summed E-state index contributed by atoms with van der Waals surface area (Å²) in [7, 11) is 0.727. The van der Waals surface area contributed by atoms with Gasteiger partial charge in [0.15, 0.2) is 0 Å². The van der Waals surface area contributed by atoms with E-state index in [4.69, 9.17) is 0 Å². The van der Waals surface area contributed by atoms with Crippen molar-refractivity contribution in [2.24, 2.45) is 0 Å². The topological polar surface area (TPSA) is 55.4 Å². The molecule has 0 bridgehead atoms. The number of rotatable bonds is 9. The lowest BCUT2D eigenvalue weighted by atomic mass is 9.89. The van der Waals surface area contributed by atoms with E-state index >= 15 is 0 Å². The minimum absolute atomic E-state index is 0.00877. The molecule has 1 heterocycles. The van der Waals surface area contributed by atoms with Crippen LogP contribution in [0.1, 0.15) is 46.5 Å². The highest BCUT2D eigenvalue weighted by Gasteiger charge is 2.95. The van der Waals surface area contributed by atoms with Crippen LogP contribution in [0.15, 0.2) is 0 Å². The van der Waals surface area contributed by atoms with Crippen LogP contribution in [-0.2, 0) is 22.4 Å². The zero-order chi connectivity index (χ0) is 33.8. The van der Waals surface area contributed by atoms with Crippen molar-refractivity contribution in [3.8, 4) is 0 Å². The molecule has 1 amide bonds. The molecule has 1 aromatic heterocycles. The molecular weight excluding hydrogens is 669 g/mol. The zero-order valence-electron chi connectivity index (χ0n) is 20.8. The Hall–Kier alpha value is -2.55. The van der Waals surface area contributed by atoms with Crippen LogP contribution in [0, 0.1) is 0 Å². The number of ether oxygens (including phenoxy) is 1. The highest BCUT2D eigenvalue weighted by molar-refractivity contribution is 7.17. The number of methoxy groups -OCH3 is 1. The third-order valence-corrected chi connectivity index (χ3v) is 7.50. The van der Waals surface area contributed by atoms with Crippen LogP contribution in [0.3, 0.4) is 0 Å². The molecule has 1 aromatic rings. The number of nitrogens with one attached hydrogen (secondary N) is 1. The normalized spacial score (nSPS) is 16.7. The Morgan fingerprint density at radius 3 is 1.49 bits per heavy atom. The van der Waals surface area contributed by atoms with E-state index in [0.717, 1.165) is 12.4 Å². The molecule has 1 aliphatic carbocycles. The SMILES string of the molecule is COC(=O)c1c(NC(=O)C(F)(F)C(F)(F)C(F)(F)C(F)(F)C(F)(F)C(F)(F)C(F)(F)C(F)(F)F)sc2c1CCCCCC2. The fraction of sp³-hybridized carbons (Fsp3) is 0.714. The Labute approximate surface area is 232 Å². The highest BCUT2D eigenvalue weighted by Crippen LogP contribution is 2.64. The molecule has 0 aliphatic heterocycles. The Kier molecular flexibility index (Phi) is 9.47. The summed E-state index contributed by atoms with van der Waals surface area (Å²) in [6.45, 7) is 0. The van der Waals surface area contributed by atoms with Gasteiger partial charge in [0.05, 0.1) is 12.7 Å². The summed E-state index contributed by atoms with van der Waals surface area (Å²) in [6.07, 6.45) is -5.82. The van der Waals surface area contributed by atoms with Crippen LogP contribution in [0.5, 0.6) is 0 Å². The second kappa shape index (κ2) is 11.1. The fourth-order valence-corrected chi connectivity index (χ4v) is 5.09. The van der Waals surface area contributed by atoms with Crippen molar-refractivity contribution < 1.29 is 89.0 Å². The lowest BCUT2D eigenvalue weighted by Crippen LogP contribution is -2.75. The monoisotopic (exact) mass is 685 g/mol. The first kappa shape index (κ1) is 36.6. The van der Waals surface area contributed by atoms with E-state index in [1.54, 1.807) is 0 Å². The van der Waals surface area contributed by atoms with Crippen molar-refractivity contribution in [2.45, 2.75) is 86.2 Å². The van der Waals surface area contributed by atoms with Gasteiger partial charge in [-0.1, -0.05) is 12.8 Å². The Bertz CT molecular complexity index is 1220. The number of hydrogen-bond acceptors (Lipinski definition) is 4. The molecular formula is C21H16F17NO3S. The quantitative estimate of drug-likeness (QED) is 0.211. The largest absolute Gasteiger partial charge is 0.465 e. The van der Waals surface area contributed by atoms with E-state index in [1.807, 2.05) is 0 Å². The van der Waals surface area contributed by atoms with E-state index in [9.17, 15) is 84.2 Å². The van der Waals surface area contributed by atoms with Crippen molar-refractivity contribution in [3.63, 3.8) is 0 Å². The fourth-order valence-electron chi connectivity index (χ4n) is 3.81. The average Bonchev–Trinajstić information content (AvgIpc) is 3.17. The van der Waals surface area contributed by atoms with Gasteiger partial charge in [-0.3, -0.25) is 4.79 Å². The summed E-state index contributed by atoms with van der Waals surface area (Å²) >= 11 is 0.253. The molecule has 0 spiro atoms. The van der Waals surface area contributed by atoms with Gasteiger partial charge in [-0.05, 0) is 31.2 Å². The molecule has 22 heteroatoms. The summed E-state index contributed by atoms with van der Waals surface area (Å²) < 4.78 is 234. The number of anilines is 1. The molecule has 43 heavy (non-hydrogen) atoms. The predicted molar refractivity (Wildman–Crippen MR) is 111 cm³/mol. The summed E-state index contributed by atoms with van der Waals surface area (Å²) in [5.74, 6) is -63.7. The lowest BCUT2D eigenvalue weighted by Gasteiger charge is -2.42. The van der Waals surface area contributed by atoms with Gasteiger partial charge in [-0.2, -0.15) is 74.6 Å². The van der Waals surface area contributed by atoms with Crippen LogP contribution in [0.25, 0.3) is 0 Å². The zero-order valence-corrected chi connectivity index (χ0v) is 21.6. The first-order chi connectivity index (χ1) is 19.1. The maximum Gasteiger partial charge on any atom is 0.460 e. The van der Waals surface area contributed by atoms with Gasteiger partial charge >= 0.3 is 59.5 Å². The van der Waals surface area contributed by atoms with Crippen molar-refractivity contribution in [3.05, 3.63) is 16.0 Å². The van der Waals surface area contributed by atoms with Gasteiger partial charge in [0, 0.05) is 4.88 Å². The molecule has 2 rings (SSSR count). The molecule has 0 fully saturated rings. The van der Waals surface area contributed by atoms with E-state index in [2.05, 4.69) is 4.74 Å². The van der Waals surface area contributed by atoms with Crippen molar-refractivity contribution in [1.82, 2.24) is 0 Å². The summed E-state index contributed by atoms with van der Waals surface area (Å²) in [4.78, 5) is 24.4. The number of thiophene rings is 1. The molecule has 0 saturated heterocycles. The van der Waals surface area contributed by atoms with Crippen LogP contribution in [-0.4, -0.2) is 66.6 Å². The molecule has 0 radical (unpaired) electrons. The minimum Gasteiger partial charge on any atom is -0.465 e. The molecule has 0 atom stereocenters. The van der Waals surface area contributed by atoms with E-state index in [1.165, 1.54) is 0 Å². The van der Waals surface area contributed by atoms with Gasteiger partial charge in [0.25, 0.3) is 0 Å². The Morgan fingerprint density at radius 2 is 1.05 bits per heavy atom. The molecule has 248 valence electrons. The average molecular weight is 685 g/mol. The van der Waals surface area contributed by atoms with E-state index in [-0.39, 0.29) is 34.6 Å². The lowest BCUT2D eigenvalue weighted by molar-refractivity contribution is -0.459. The number of alkyl halides is 17. The van der Waals surface area contributed by atoms with Gasteiger partial charge < -0.3 is 10.1 Å². The standard InChI is InChI=1S/C21H16F17NO3S/c1-42-12(40)10-8-6-4-2-3-5-7-9(8)43-11(10)39-13(41)14(22,23)15(24,25)16(26,27)17(28,29)18(30,31)19(32,33)20(34,35)21(36,37)38/h2-7H2,1H3,(H,39,41). The van der Waals surface area contributed by atoms with Crippen molar-refractivity contribution in [2.75, 3.05) is 12.4 Å². The summed E-state index contributed by atoms with van der Waals surface area (Å²) in [5.41, 5.74) is -0.722. The Balaban J connectivity index is 2.59. The first-order valence-electron chi connectivity index (χ1n) is 11.3. The number of aryl methyl sites for hydroxylation is 1. The number of carbonyl (C=O) groups is 2. The number of fused-ring (bicyclic) bond motifs is 1. The first-order valence-corrected chi connectivity index (χ1v) is 12.2. The predicted octanol–water partition coefficient (Wildman–Crippen LogP) is 8.14. The third kappa shape index (κ3) is 5.38. The second-order valence-corrected chi connectivity index (χ2v) is 10.2. The number of halogens is 17. The van der Waals surface area contributed by atoms with Crippen molar-refractivity contribution >= 4 is 28.2 Å². The third-order valence-electron chi connectivity index (χ3n) is 6.30. The van der Waals surface area contributed by atoms with Crippen LogP contribution < -0.4 is 5.32 Å². The molecule has 1 N–H and O–H groups in total.